The maximum absolute atomic E-state index is 12.8. The number of halogens is 3. The van der Waals surface area contributed by atoms with E-state index in [9.17, 15) is 18.0 Å². The van der Waals surface area contributed by atoms with Crippen molar-refractivity contribution in [1.29, 1.82) is 0 Å². The molecule has 136 valence electrons. The molecule has 2 aromatic rings. The Bertz CT molecular complexity index is 833. The van der Waals surface area contributed by atoms with E-state index in [1.165, 1.54) is 18.2 Å². The molecule has 8 heteroatoms. The van der Waals surface area contributed by atoms with Gasteiger partial charge in [0.05, 0.1) is 11.6 Å². The molecule has 3 rings (SSSR count). The van der Waals surface area contributed by atoms with Gasteiger partial charge in [-0.1, -0.05) is 6.58 Å². The number of benzene rings is 1. The highest BCUT2D eigenvalue weighted by Crippen LogP contribution is 2.37. The number of nitrogen functional groups attached to an aromatic ring is 1. The summed E-state index contributed by atoms with van der Waals surface area (Å²) in [4.78, 5) is 17.6. The first-order valence-corrected chi connectivity index (χ1v) is 7.90. The SMILES string of the molecule is C=CC(=O)NC1Cc2c(ccnc2N)N(c2ccc(C(F)(F)F)cc2)C1. The molecule has 0 aliphatic carbocycles. The Morgan fingerprint density at radius 1 is 1.31 bits per heavy atom. The van der Waals surface area contributed by atoms with Gasteiger partial charge in [-0.3, -0.25) is 4.79 Å². The first-order chi connectivity index (χ1) is 12.3. The van der Waals surface area contributed by atoms with Crippen LogP contribution in [0.1, 0.15) is 11.1 Å². The second-order valence-electron chi connectivity index (χ2n) is 5.96. The Morgan fingerprint density at radius 2 is 2.00 bits per heavy atom. The number of carbonyl (C=O) groups excluding carboxylic acids is 1. The number of carbonyl (C=O) groups is 1. The molecular formula is C18H17F3N4O. The summed E-state index contributed by atoms with van der Waals surface area (Å²) in [5, 5.41) is 2.81. The van der Waals surface area contributed by atoms with E-state index >= 15 is 0 Å². The van der Waals surface area contributed by atoms with Crippen molar-refractivity contribution in [3.8, 4) is 0 Å². The van der Waals surface area contributed by atoms with Crippen molar-refractivity contribution in [2.24, 2.45) is 0 Å². The van der Waals surface area contributed by atoms with Crippen molar-refractivity contribution in [3.05, 3.63) is 60.3 Å². The van der Waals surface area contributed by atoms with Crippen LogP contribution in [0.3, 0.4) is 0 Å². The van der Waals surface area contributed by atoms with Crippen LogP contribution in [0.2, 0.25) is 0 Å². The Kier molecular flexibility index (Phi) is 4.58. The highest BCUT2D eigenvalue weighted by molar-refractivity contribution is 5.87. The molecule has 0 spiro atoms. The lowest BCUT2D eigenvalue weighted by Crippen LogP contribution is -2.46. The van der Waals surface area contributed by atoms with Gasteiger partial charge < -0.3 is 16.0 Å². The van der Waals surface area contributed by atoms with Crippen LogP contribution >= 0.6 is 0 Å². The van der Waals surface area contributed by atoms with Gasteiger partial charge in [-0.25, -0.2) is 4.98 Å². The van der Waals surface area contributed by atoms with Gasteiger partial charge in [0, 0.05) is 36.1 Å². The van der Waals surface area contributed by atoms with Gasteiger partial charge in [0.25, 0.3) is 0 Å². The quantitative estimate of drug-likeness (QED) is 0.824. The normalized spacial score (nSPS) is 16.7. The molecule has 3 N–H and O–H groups in total. The molecular weight excluding hydrogens is 345 g/mol. The van der Waals surface area contributed by atoms with E-state index in [0.717, 1.165) is 23.4 Å². The van der Waals surface area contributed by atoms with Crippen LogP contribution in [0, 0.1) is 0 Å². The number of nitrogens with zero attached hydrogens (tertiary/aromatic N) is 2. The highest BCUT2D eigenvalue weighted by Gasteiger charge is 2.31. The molecule has 0 bridgehead atoms. The third kappa shape index (κ3) is 3.49. The van der Waals surface area contributed by atoms with Crippen LogP contribution in [-0.4, -0.2) is 23.5 Å². The average molecular weight is 362 g/mol. The lowest BCUT2D eigenvalue weighted by atomic mass is 9.97. The minimum atomic E-state index is -4.40. The minimum absolute atomic E-state index is 0.276. The molecule has 1 aliphatic rings. The molecule has 1 aromatic carbocycles. The summed E-state index contributed by atoms with van der Waals surface area (Å²) in [6, 6.07) is 6.36. The first kappa shape index (κ1) is 17.8. The van der Waals surface area contributed by atoms with Crippen LogP contribution in [0.25, 0.3) is 0 Å². The van der Waals surface area contributed by atoms with Gasteiger partial charge >= 0.3 is 6.18 Å². The van der Waals surface area contributed by atoms with E-state index in [4.69, 9.17) is 5.73 Å². The van der Waals surface area contributed by atoms with E-state index in [1.807, 2.05) is 4.90 Å². The van der Waals surface area contributed by atoms with E-state index < -0.39 is 11.7 Å². The molecule has 0 radical (unpaired) electrons. The Morgan fingerprint density at radius 3 is 2.62 bits per heavy atom. The number of amides is 1. The van der Waals surface area contributed by atoms with E-state index in [-0.39, 0.29) is 11.9 Å². The largest absolute Gasteiger partial charge is 0.416 e. The summed E-state index contributed by atoms with van der Waals surface area (Å²) in [6.07, 6.45) is -1.20. The summed E-state index contributed by atoms with van der Waals surface area (Å²) in [5.74, 6) is 0.00486. The van der Waals surface area contributed by atoms with Crippen molar-refractivity contribution in [2.45, 2.75) is 18.6 Å². The number of rotatable bonds is 3. The van der Waals surface area contributed by atoms with Crippen molar-refractivity contribution in [3.63, 3.8) is 0 Å². The number of hydrogen-bond donors (Lipinski definition) is 2. The zero-order valence-electron chi connectivity index (χ0n) is 13.8. The molecule has 1 unspecified atom stereocenters. The first-order valence-electron chi connectivity index (χ1n) is 7.90. The molecule has 0 saturated heterocycles. The summed E-state index contributed by atoms with van der Waals surface area (Å²) >= 11 is 0. The maximum atomic E-state index is 12.8. The standard InChI is InChI=1S/C18H17F3N4O/c1-2-16(26)24-12-9-14-15(7-8-23-17(14)22)25(10-12)13-5-3-11(4-6-13)18(19,20)21/h2-8,12H,1,9-10H2,(H2,22,23)(H,24,26). The van der Waals surface area contributed by atoms with Crippen LogP contribution in [-0.2, 0) is 17.4 Å². The average Bonchev–Trinajstić information content (AvgIpc) is 2.61. The van der Waals surface area contributed by atoms with Gasteiger partial charge in [-0.05, 0) is 36.4 Å². The van der Waals surface area contributed by atoms with Crippen molar-refractivity contribution >= 4 is 23.1 Å². The van der Waals surface area contributed by atoms with Crippen molar-refractivity contribution in [1.82, 2.24) is 10.3 Å². The topological polar surface area (TPSA) is 71.2 Å². The second-order valence-corrected chi connectivity index (χ2v) is 5.96. The van der Waals surface area contributed by atoms with Gasteiger partial charge in [-0.2, -0.15) is 13.2 Å². The zero-order chi connectivity index (χ0) is 18.9. The monoisotopic (exact) mass is 362 g/mol. The smallest absolute Gasteiger partial charge is 0.383 e. The molecule has 1 atom stereocenters. The summed E-state index contributed by atoms with van der Waals surface area (Å²) in [5.41, 5.74) is 7.33. The fraction of sp³-hybridized carbons (Fsp3) is 0.222. The maximum Gasteiger partial charge on any atom is 0.416 e. The third-order valence-electron chi connectivity index (χ3n) is 4.25. The molecule has 0 saturated carbocycles. The molecule has 1 amide bonds. The minimum Gasteiger partial charge on any atom is -0.383 e. The van der Waals surface area contributed by atoms with E-state index in [2.05, 4.69) is 16.9 Å². The fourth-order valence-electron chi connectivity index (χ4n) is 3.02. The van der Waals surface area contributed by atoms with Crippen LogP contribution in [0.15, 0.2) is 49.2 Å². The van der Waals surface area contributed by atoms with Crippen molar-refractivity contribution < 1.29 is 18.0 Å². The van der Waals surface area contributed by atoms with Gasteiger partial charge in [0.15, 0.2) is 0 Å². The fourth-order valence-corrected chi connectivity index (χ4v) is 3.02. The van der Waals surface area contributed by atoms with Gasteiger partial charge in [-0.15, -0.1) is 0 Å². The highest BCUT2D eigenvalue weighted by atomic mass is 19.4. The predicted octanol–water partition coefficient (Wildman–Crippen LogP) is 3.05. The zero-order valence-corrected chi connectivity index (χ0v) is 13.8. The van der Waals surface area contributed by atoms with Gasteiger partial charge in [0.1, 0.15) is 5.82 Å². The molecule has 0 fully saturated rings. The molecule has 2 heterocycles. The van der Waals surface area contributed by atoms with Crippen LogP contribution in [0.5, 0.6) is 0 Å². The number of nitrogens with two attached hydrogens (primary N) is 1. The summed E-state index contributed by atoms with van der Waals surface area (Å²) < 4.78 is 38.4. The Labute approximate surface area is 148 Å². The summed E-state index contributed by atoms with van der Waals surface area (Å²) in [6.45, 7) is 3.82. The lowest BCUT2D eigenvalue weighted by Gasteiger charge is -2.36. The van der Waals surface area contributed by atoms with Crippen molar-refractivity contribution in [2.75, 3.05) is 17.2 Å². The number of alkyl halides is 3. The molecule has 1 aromatic heterocycles. The van der Waals surface area contributed by atoms with E-state index in [0.29, 0.717) is 24.5 Å². The number of nitrogens with one attached hydrogen (secondary N) is 1. The van der Waals surface area contributed by atoms with Gasteiger partial charge in [0.2, 0.25) is 5.91 Å². The van der Waals surface area contributed by atoms with E-state index in [1.54, 1.807) is 12.3 Å². The second kappa shape index (κ2) is 6.70. The lowest BCUT2D eigenvalue weighted by molar-refractivity contribution is -0.137. The molecule has 5 nitrogen and oxygen atoms in total. The number of anilines is 3. The number of pyridine rings is 1. The Hall–Kier alpha value is -3.03. The van der Waals surface area contributed by atoms with Crippen LogP contribution in [0.4, 0.5) is 30.4 Å². The molecule has 1 aliphatic heterocycles. The number of hydrogen-bond acceptors (Lipinski definition) is 4. The van der Waals surface area contributed by atoms with Crippen LogP contribution < -0.4 is 16.0 Å². The predicted molar refractivity (Wildman–Crippen MR) is 92.9 cm³/mol. The Balaban J connectivity index is 1.98. The number of aromatic nitrogens is 1. The summed E-state index contributed by atoms with van der Waals surface area (Å²) in [7, 11) is 0. The third-order valence-corrected chi connectivity index (χ3v) is 4.25. The molecule has 26 heavy (non-hydrogen) atoms. The number of fused-ring (bicyclic) bond motifs is 1.